The van der Waals surface area contributed by atoms with Crippen LogP contribution in [0.1, 0.15) is 38.1 Å². The Morgan fingerprint density at radius 1 is 1.56 bits per heavy atom. The van der Waals surface area contributed by atoms with E-state index in [1.807, 2.05) is 11.7 Å². The van der Waals surface area contributed by atoms with E-state index in [2.05, 4.69) is 25.0 Å². The highest BCUT2D eigenvalue weighted by molar-refractivity contribution is 5.83. The Morgan fingerprint density at radius 3 is 2.81 bits per heavy atom. The molecule has 0 radical (unpaired) electrons. The average Bonchev–Trinajstić information content (AvgIpc) is 2.77. The number of rotatable bonds is 3. The Morgan fingerprint density at radius 2 is 2.31 bits per heavy atom. The number of carbonyl (C=O) groups excluding carboxylic acids is 1. The van der Waals surface area contributed by atoms with Crippen molar-refractivity contribution in [1.82, 2.24) is 9.78 Å². The van der Waals surface area contributed by atoms with Crippen molar-refractivity contribution in [3.63, 3.8) is 0 Å². The second-order valence-electron chi connectivity index (χ2n) is 4.86. The minimum absolute atomic E-state index is 0.236. The van der Waals surface area contributed by atoms with Crippen LogP contribution in [-0.4, -0.2) is 15.6 Å². The summed E-state index contributed by atoms with van der Waals surface area (Å²) in [5, 5.41) is 4.45. The van der Waals surface area contributed by atoms with Gasteiger partial charge < -0.3 is 0 Å². The lowest BCUT2D eigenvalue weighted by molar-refractivity contribution is -0.120. The minimum Gasteiger partial charge on any atom is -0.299 e. The zero-order chi connectivity index (χ0) is 11.7. The molecule has 0 aromatic carbocycles. The monoisotopic (exact) mass is 220 g/mol. The van der Waals surface area contributed by atoms with E-state index in [1.165, 1.54) is 5.69 Å². The van der Waals surface area contributed by atoms with E-state index in [9.17, 15) is 4.79 Å². The highest BCUT2D eigenvalue weighted by Gasteiger charge is 2.31. The number of aromatic nitrogens is 2. The molecule has 2 atom stereocenters. The van der Waals surface area contributed by atoms with Crippen LogP contribution in [0.3, 0.4) is 0 Å². The topological polar surface area (TPSA) is 34.9 Å². The molecule has 0 bridgehead atoms. The number of Topliss-reactive ketones (excluding diaryl/α,β-unsaturated/α-hetero) is 1. The maximum Gasteiger partial charge on any atom is 0.136 e. The van der Waals surface area contributed by atoms with Crippen LogP contribution in [0.2, 0.25) is 0 Å². The van der Waals surface area contributed by atoms with Crippen LogP contribution in [0, 0.1) is 11.8 Å². The van der Waals surface area contributed by atoms with E-state index in [1.54, 1.807) is 0 Å². The van der Waals surface area contributed by atoms with Gasteiger partial charge in [-0.1, -0.05) is 13.8 Å². The molecule has 0 N–H and O–H groups in total. The summed E-state index contributed by atoms with van der Waals surface area (Å²) >= 11 is 0. The predicted octanol–water partition coefficient (Wildman–Crippen LogP) is 2.14. The molecule has 2 rings (SSSR count). The van der Waals surface area contributed by atoms with Gasteiger partial charge in [-0.15, -0.1) is 0 Å². The van der Waals surface area contributed by atoms with Crippen molar-refractivity contribution in [1.29, 1.82) is 0 Å². The maximum absolute atomic E-state index is 11.5. The molecule has 0 aliphatic heterocycles. The Kier molecular flexibility index (Phi) is 3.13. The highest BCUT2D eigenvalue weighted by atomic mass is 16.1. The normalized spacial score (nSPS) is 25.3. The summed E-state index contributed by atoms with van der Waals surface area (Å²) in [5.74, 6) is 1.19. The summed E-state index contributed by atoms with van der Waals surface area (Å²) in [5.41, 5.74) is 2.41. The summed E-state index contributed by atoms with van der Waals surface area (Å²) in [6.07, 6.45) is 3.79. The molecular weight excluding hydrogens is 200 g/mol. The highest BCUT2D eigenvalue weighted by Crippen LogP contribution is 2.31. The molecule has 1 heterocycles. The molecule has 1 saturated carbocycles. The maximum atomic E-state index is 11.5. The third kappa shape index (κ3) is 2.04. The van der Waals surface area contributed by atoms with Crippen LogP contribution >= 0.6 is 0 Å². The molecule has 88 valence electrons. The lowest BCUT2D eigenvalue weighted by Crippen LogP contribution is -2.14. The molecule has 1 fully saturated rings. The fourth-order valence-electron chi connectivity index (χ4n) is 2.55. The van der Waals surface area contributed by atoms with Gasteiger partial charge >= 0.3 is 0 Å². The van der Waals surface area contributed by atoms with E-state index in [4.69, 9.17) is 0 Å². The second kappa shape index (κ2) is 4.40. The third-order valence-corrected chi connectivity index (χ3v) is 3.84. The molecule has 3 heteroatoms. The fraction of sp³-hybridized carbons (Fsp3) is 0.692. The van der Waals surface area contributed by atoms with E-state index in [0.717, 1.165) is 31.4 Å². The molecule has 0 spiro atoms. The zero-order valence-corrected chi connectivity index (χ0v) is 10.4. The van der Waals surface area contributed by atoms with Gasteiger partial charge in [0.05, 0.1) is 5.69 Å². The van der Waals surface area contributed by atoms with E-state index >= 15 is 0 Å². The Bertz CT molecular complexity index is 395. The van der Waals surface area contributed by atoms with Crippen molar-refractivity contribution in [3.8, 4) is 0 Å². The van der Waals surface area contributed by atoms with Crippen LogP contribution in [0.4, 0.5) is 0 Å². The molecule has 1 aromatic rings. The molecular formula is C13H20N2O. The number of hydrogen-bond acceptors (Lipinski definition) is 2. The standard InChI is InChI=1S/C13H20N2O/c1-4-11-8-12(15(3)14-11)7-10-5-6-13(16)9(10)2/h8-10H,4-7H2,1-3H3. The summed E-state index contributed by atoms with van der Waals surface area (Å²) in [6, 6.07) is 2.18. The average molecular weight is 220 g/mol. The van der Waals surface area contributed by atoms with Gasteiger partial charge in [-0.2, -0.15) is 5.10 Å². The van der Waals surface area contributed by atoms with E-state index < -0.39 is 0 Å². The van der Waals surface area contributed by atoms with Crippen molar-refractivity contribution in [3.05, 3.63) is 17.5 Å². The molecule has 3 nitrogen and oxygen atoms in total. The molecule has 1 aliphatic carbocycles. The van der Waals surface area contributed by atoms with Gasteiger partial charge in [-0.3, -0.25) is 9.48 Å². The third-order valence-electron chi connectivity index (χ3n) is 3.84. The van der Waals surface area contributed by atoms with Crippen LogP contribution in [0.5, 0.6) is 0 Å². The first-order chi connectivity index (χ1) is 7.61. The van der Waals surface area contributed by atoms with Gasteiger partial charge in [0, 0.05) is 25.1 Å². The number of ketones is 1. The lowest BCUT2D eigenvalue weighted by atomic mass is 9.92. The lowest BCUT2D eigenvalue weighted by Gasteiger charge is -2.13. The number of aryl methyl sites for hydroxylation is 2. The Balaban J connectivity index is 2.09. The van der Waals surface area contributed by atoms with Crippen LogP contribution < -0.4 is 0 Å². The van der Waals surface area contributed by atoms with Gasteiger partial charge in [0.15, 0.2) is 0 Å². The number of carbonyl (C=O) groups is 1. The molecule has 0 saturated heterocycles. The smallest absolute Gasteiger partial charge is 0.136 e. The largest absolute Gasteiger partial charge is 0.299 e. The van der Waals surface area contributed by atoms with Crippen LogP contribution in [0.15, 0.2) is 6.07 Å². The molecule has 2 unspecified atom stereocenters. The summed E-state index contributed by atoms with van der Waals surface area (Å²) in [4.78, 5) is 11.5. The van der Waals surface area contributed by atoms with Crippen molar-refractivity contribution in [2.24, 2.45) is 18.9 Å². The van der Waals surface area contributed by atoms with Crippen molar-refractivity contribution in [2.45, 2.75) is 39.5 Å². The van der Waals surface area contributed by atoms with Gasteiger partial charge in [-0.25, -0.2) is 0 Å². The van der Waals surface area contributed by atoms with Crippen LogP contribution in [0.25, 0.3) is 0 Å². The van der Waals surface area contributed by atoms with Crippen LogP contribution in [-0.2, 0) is 24.7 Å². The Hall–Kier alpha value is -1.12. The van der Waals surface area contributed by atoms with Crippen molar-refractivity contribution >= 4 is 5.78 Å². The first kappa shape index (κ1) is 11.4. The summed E-state index contributed by atoms with van der Waals surface area (Å²) in [7, 11) is 2.00. The minimum atomic E-state index is 0.236. The SMILES string of the molecule is CCc1cc(CC2CCC(=O)C2C)n(C)n1. The van der Waals surface area contributed by atoms with Crippen molar-refractivity contribution < 1.29 is 4.79 Å². The van der Waals surface area contributed by atoms with Gasteiger partial charge in [0.1, 0.15) is 5.78 Å². The summed E-state index contributed by atoms with van der Waals surface area (Å²) < 4.78 is 1.97. The van der Waals surface area contributed by atoms with Gasteiger partial charge in [-0.05, 0) is 31.2 Å². The van der Waals surface area contributed by atoms with Gasteiger partial charge in [0.25, 0.3) is 0 Å². The fourth-order valence-corrected chi connectivity index (χ4v) is 2.55. The molecule has 16 heavy (non-hydrogen) atoms. The zero-order valence-electron chi connectivity index (χ0n) is 10.4. The quantitative estimate of drug-likeness (QED) is 0.782. The first-order valence-corrected chi connectivity index (χ1v) is 6.16. The van der Waals surface area contributed by atoms with Crippen molar-refractivity contribution in [2.75, 3.05) is 0 Å². The van der Waals surface area contributed by atoms with E-state index in [0.29, 0.717) is 11.7 Å². The van der Waals surface area contributed by atoms with Gasteiger partial charge in [0.2, 0.25) is 0 Å². The second-order valence-corrected chi connectivity index (χ2v) is 4.86. The molecule has 0 amide bonds. The summed E-state index contributed by atoms with van der Waals surface area (Å²) in [6.45, 7) is 4.19. The Labute approximate surface area is 96.8 Å². The van der Waals surface area contributed by atoms with E-state index in [-0.39, 0.29) is 5.92 Å². The first-order valence-electron chi connectivity index (χ1n) is 6.16. The number of nitrogens with zero attached hydrogens (tertiary/aromatic N) is 2. The number of hydrogen-bond donors (Lipinski definition) is 0. The molecule has 1 aliphatic rings. The predicted molar refractivity (Wildman–Crippen MR) is 63.2 cm³/mol. The molecule has 1 aromatic heterocycles.